The second kappa shape index (κ2) is 8.34. The predicted molar refractivity (Wildman–Crippen MR) is 110 cm³/mol. The Morgan fingerprint density at radius 3 is 2.33 bits per heavy atom. The molecule has 0 saturated heterocycles. The van der Waals surface area contributed by atoms with Crippen molar-refractivity contribution >= 4 is 22.6 Å². The molecule has 1 atom stereocenters. The molecule has 148 valence electrons. The zero-order valence-corrected chi connectivity index (χ0v) is 17.9. The average molecular weight is 492 g/mol. The van der Waals surface area contributed by atoms with Gasteiger partial charge in [0.05, 0.1) is 0 Å². The zero-order valence-electron chi connectivity index (χ0n) is 15.8. The number of pyridine rings is 1. The summed E-state index contributed by atoms with van der Waals surface area (Å²) in [4.78, 5) is 3.52. The maximum atomic E-state index is 12.8. The molecule has 2 rings (SSSR count). The van der Waals surface area contributed by atoms with E-state index in [-0.39, 0.29) is 17.2 Å². The molecule has 1 aromatic heterocycles. The number of halogens is 4. The summed E-state index contributed by atoms with van der Waals surface area (Å²) in [6.45, 7) is 8.69. The molecule has 0 spiro atoms. The van der Waals surface area contributed by atoms with E-state index in [0.29, 0.717) is 23.2 Å². The van der Waals surface area contributed by atoms with E-state index in [1.165, 1.54) is 6.07 Å². The number of phenolic OH excluding ortho intramolecular Hbond substituents is 1. The van der Waals surface area contributed by atoms with Gasteiger partial charge in [0.25, 0.3) is 0 Å². The Hall–Kier alpha value is -1.35. The molecule has 0 saturated carbocycles. The molecule has 0 bridgehead atoms. The number of nitrogens with one attached hydrogen (secondary N) is 1. The van der Waals surface area contributed by atoms with Gasteiger partial charge in [-0.1, -0.05) is 55.5 Å². The maximum absolute atomic E-state index is 12.8. The number of alkyl halides is 4. The molecular weight excluding hydrogens is 468 g/mol. The van der Waals surface area contributed by atoms with Gasteiger partial charge >= 0.3 is 6.18 Å². The summed E-state index contributed by atoms with van der Waals surface area (Å²) in [5, 5.41) is 14.1. The summed E-state index contributed by atoms with van der Waals surface area (Å²) >= 11 is 2.28. The van der Waals surface area contributed by atoms with E-state index >= 15 is 0 Å². The fraction of sp³-hybridized carbons (Fsp3) is 0.450. The zero-order chi connectivity index (χ0) is 20.4. The van der Waals surface area contributed by atoms with Crippen molar-refractivity contribution < 1.29 is 18.3 Å². The summed E-state index contributed by atoms with van der Waals surface area (Å²) in [5.74, 6) is 0.0673. The minimum atomic E-state index is -4.49. The minimum Gasteiger partial charge on any atom is -0.507 e. The van der Waals surface area contributed by atoms with E-state index < -0.39 is 11.9 Å². The van der Waals surface area contributed by atoms with Crippen molar-refractivity contribution in [3.63, 3.8) is 0 Å². The Morgan fingerprint density at radius 2 is 1.85 bits per heavy atom. The lowest BCUT2D eigenvalue weighted by atomic mass is 9.83. The Kier molecular flexibility index (Phi) is 6.78. The Labute approximate surface area is 171 Å². The normalized spacial score (nSPS) is 13.6. The molecular formula is C20H24F3IN2O. The lowest BCUT2D eigenvalue weighted by Gasteiger charge is -2.23. The summed E-state index contributed by atoms with van der Waals surface area (Å²) in [5.41, 5.74) is 1.53. The first-order valence-corrected chi connectivity index (χ1v) is 10.2. The van der Waals surface area contributed by atoms with Crippen molar-refractivity contribution in [3.05, 3.63) is 47.3 Å². The van der Waals surface area contributed by atoms with Crippen LogP contribution in [0.15, 0.2) is 30.5 Å². The summed E-state index contributed by atoms with van der Waals surface area (Å²) in [7, 11) is 0. The van der Waals surface area contributed by atoms with E-state index in [4.69, 9.17) is 0 Å². The summed E-state index contributed by atoms with van der Waals surface area (Å²) in [6.07, 6.45) is -3.33. The Bertz CT molecular complexity index is 784. The van der Waals surface area contributed by atoms with Gasteiger partial charge in [0, 0.05) is 39.9 Å². The molecule has 0 aliphatic rings. The van der Waals surface area contributed by atoms with Crippen molar-refractivity contribution in [2.75, 3.05) is 4.43 Å². The number of nitrogens with zero attached hydrogens (tertiary/aromatic N) is 1. The van der Waals surface area contributed by atoms with E-state index in [0.717, 1.165) is 22.3 Å². The van der Waals surface area contributed by atoms with Crippen LogP contribution in [0.5, 0.6) is 5.75 Å². The van der Waals surface area contributed by atoms with Crippen LogP contribution in [0.4, 0.5) is 13.2 Å². The highest BCUT2D eigenvalue weighted by Gasteiger charge is 2.32. The van der Waals surface area contributed by atoms with Crippen LogP contribution in [-0.4, -0.2) is 20.6 Å². The van der Waals surface area contributed by atoms with Crippen LogP contribution in [0.3, 0.4) is 0 Å². The van der Waals surface area contributed by atoms with Gasteiger partial charge in [-0.3, -0.25) is 4.98 Å². The molecule has 3 nitrogen and oxygen atoms in total. The van der Waals surface area contributed by atoms with Gasteiger partial charge < -0.3 is 10.4 Å². The van der Waals surface area contributed by atoms with E-state index in [2.05, 4.69) is 60.6 Å². The Morgan fingerprint density at radius 1 is 1.19 bits per heavy atom. The number of phenols is 1. The van der Waals surface area contributed by atoms with Gasteiger partial charge in [-0.2, -0.15) is 13.2 Å². The molecule has 2 N–H and O–H groups in total. The van der Waals surface area contributed by atoms with Crippen LogP contribution in [0.25, 0.3) is 11.1 Å². The fourth-order valence-corrected chi connectivity index (χ4v) is 2.85. The lowest BCUT2D eigenvalue weighted by molar-refractivity contribution is -0.141. The standard InChI is InChI=1S/C20H24F3IN2O/c1-12(9-24)25-11-14-7-15(19(2,3)4)8-16(18(14)27)13-5-6-17(26-10-13)20(21,22)23/h5-8,10,12,25,27H,9,11H2,1-4H3. The second-order valence-electron chi connectivity index (χ2n) is 7.65. The van der Waals surface area contributed by atoms with Crippen molar-refractivity contribution in [2.45, 2.75) is 51.9 Å². The van der Waals surface area contributed by atoms with Gasteiger partial charge in [-0.25, -0.2) is 0 Å². The fourth-order valence-electron chi connectivity index (χ4n) is 2.54. The van der Waals surface area contributed by atoms with Gasteiger partial charge in [-0.15, -0.1) is 0 Å². The van der Waals surface area contributed by atoms with E-state index in [1.807, 2.05) is 12.1 Å². The Balaban J connectivity index is 2.51. The molecule has 27 heavy (non-hydrogen) atoms. The topological polar surface area (TPSA) is 45.2 Å². The highest BCUT2D eigenvalue weighted by molar-refractivity contribution is 14.1. The molecule has 1 heterocycles. The minimum absolute atomic E-state index is 0.0673. The lowest BCUT2D eigenvalue weighted by Crippen LogP contribution is -2.27. The van der Waals surface area contributed by atoms with Crippen LogP contribution >= 0.6 is 22.6 Å². The summed E-state index contributed by atoms with van der Waals surface area (Å²) in [6, 6.07) is 6.34. The van der Waals surface area contributed by atoms with E-state index in [1.54, 1.807) is 0 Å². The maximum Gasteiger partial charge on any atom is 0.433 e. The molecule has 0 aliphatic heterocycles. The van der Waals surface area contributed by atoms with Crippen molar-refractivity contribution in [2.24, 2.45) is 0 Å². The quantitative estimate of drug-likeness (QED) is 0.417. The number of hydrogen-bond donors (Lipinski definition) is 2. The van der Waals surface area contributed by atoms with Gasteiger partial charge in [-0.05, 0) is 30.0 Å². The molecule has 1 aromatic carbocycles. The molecule has 0 radical (unpaired) electrons. The van der Waals surface area contributed by atoms with Crippen LogP contribution in [0, 0.1) is 0 Å². The van der Waals surface area contributed by atoms with Crippen LogP contribution in [-0.2, 0) is 18.1 Å². The second-order valence-corrected chi connectivity index (χ2v) is 8.53. The third-order valence-corrected chi connectivity index (χ3v) is 5.61. The molecule has 0 aliphatic carbocycles. The van der Waals surface area contributed by atoms with Crippen LogP contribution in [0.1, 0.15) is 44.5 Å². The highest BCUT2D eigenvalue weighted by atomic mass is 127. The van der Waals surface area contributed by atoms with E-state index in [9.17, 15) is 18.3 Å². The van der Waals surface area contributed by atoms with Crippen molar-refractivity contribution in [1.29, 1.82) is 0 Å². The first-order chi connectivity index (χ1) is 12.4. The number of rotatable bonds is 5. The smallest absolute Gasteiger partial charge is 0.433 e. The largest absolute Gasteiger partial charge is 0.507 e. The monoisotopic (exact) mass is 492 g/mol. The number of aromatic nitrogens is 1. The molecule has 0 amide bonds. The predicted octanol–water partition coefficient (Wildman–Crippen LogP) is 5.68. The number of hydrogen-bond acceptors (Lipinski definition) is 3. The summed E-state index contributed by atoms with van der Waals surface area (Å²) < 4.78 is 39.2. The number of aromatic hydroxyl groups is 1. The molecule has 0 fully saturated rings. The SMILES string of the molecule is CC(CI)NCc1cc(C(C)(C)C)cc(-c2ccc(C(F)(F)F)nc2)c1O. The van der Waals surface area contributed by atoms with Gasteiger partial charge in [0.15, 0.2) is 0 Å². The van der Waals surface area contributed by atoms with Gasteiger partial charge in [0.1, 0.15) is 11.4 Å². The average Bonchev–Trinajstić information content (AvgIpc) is 2.59. The van der Waals surface area contributed by atoms with Crippen molar-refractivity contribution in [1.82, 2.24) is 10.3 Å². The first kappa shape index (κ1) is 21.9. The molecule has 7 heteroatoms. The van der Waals surface area contributed by atoms with Gasteiger partial charge in [0.2, 0.25) is 0 Å². The van der Waals surface area contributed by atoms with Crippen molar-refractivity contribution in [3.8, 4) is 16.9 Å². The highest BCUT2D eigenvalue weighted by Crippen LogP contribution is 2.38. The molecule has 1 unspecified atom stereocenters. The van der Waals surface area contributed by atoms with Crippen LogP contribution < -0.4 is 5.32 Å². The third kappa shape index (κ3) is 5.57. The molecule has 2 aromatic rings. The van der Waals surface area contributed by atoms with Crippen LogP contribution in [0.2, 0.25) is 0 Å². The first-order valence-electron chi connectivity index (χ1n) is 8.63. The number of benzene rings is 1. The third-order valence-electron chi connectivity index (χ3n) is 4.29.